The molecule has 0 saturated heterocycles. The maximum absolute atomic E-state index is 8.78. The second kappa shape index (κ2) is 8.72. The lowest BCUT2D eigenvalue weighted by molar-refractivity contribution is 0.669. The molecule has 0 fully saturated rings. The zero-order valence-corrected chi connectivity index (χ0v) is 23.0. The van der Waals surface area contributed by atoms with Crippen LogP contribution in [0.15, 0.2) is 138 Å². The fourth-order valence-corrected chi connectivity index (χ4v) is 6.67. The van der Waals surface area contributed by atoms with E-state index in [1.54, 1.807) is 0 Å². The Hall–Kier alpha value is -6.07. The predicted octanol–water partition coefficient (Wildman–Crippen LogP) is 9.95. The molecule has 0 aliphatic heterocycles. The van der Waals surface area contributed by atoms with Gasteiger partial charge in [-0.3, -0.25) is 4.57 Å². The van der Waals surface area contributed by atoms with Crippen molar-refractivity contribution in [1.82, 2.24) is 19.5 Å². The third-order valence-electron chi connectivity index (χ3n) is 8.49. The van der Waals surface area contributed by atoms with Gasteiger partial charge in [0.25, 0.3) is 0 Å². The summed E-state index contributed by atoms with van der Waals surface area (Å²) in [5.41, 5.74) is 3.71. The van der Waals surface area contributed by atoms with Crippen molar-refractivity contribution in [2.45, 2.75) is 0 Å². The molecular formula is C39H22N4O. The molecular weight excluding hydrogens is 540 g/mol. The maximum Gasteiger partial charge on any atom is 0.238 e. The monoisotopic (exact) mass is 567 g/mol. The van der Waals surface area contributed by atoms with E-state index in [0.29, 0.717) is 11.1 Å². The van der Waals surface area contributed by atoms with Gasteiger partial charge < -0.3 is 4.42 Å². The van der Waals surface area contributed by atoms with Gasteiger partial charge in [-0.25, -0.2) is 4.98 Å². The zero-order valence-electron chi connectivity index (χ0n) is 28.0. The Balaban J connectivity index is 1.34. The molecule has 0 saturated carbocycles. The lowest BCUT2D eigenvalue weighted by Crippen LogP contribution is -2.06. The van der Waals surface area contributed by atoms with Crippen molar-refractivity contribution in [2.24, 2.45) is 0 Å². The third kappa shape index (κ3) is 3.21. The predicted molar refractivity (Wildman–Crippen MR) is 179 cm³/mol. The summed E-state index contributed by atoms with van der Waals surface area (Å²) >= 11 is 0. The van der Waals surface area contributed by atoms with Crippen LogP contribution in [-0.2, 0) is 0 Å². The summed E-state index contributed by atoms with van der Waals surface area (Å²) in [6, 6.07) is 32.0. The summed E-state index contributed by atoms with van der Waals surface area (Å²) in [6.07, 6.45) is 0. The Labute approximate surface area is 258 Å². The number of aromatic nitrogens is 4. The van der Waals surface area contributed by atoms with E-state index in [-0.39, 0.29) is 35.2 Å². The molecule has 204 valence electrons. The number of furan rings is 1. The molecule has 10 rings (SSSR count). The molecule has 0 atom stereocenters. The molecule has 3 aromatic heterocycles. The Morgan fingerprint density at radius 1 is 0.500 bits per heavy atom. The van der Waals surface area contributed by atoms with E-state index in [2.05, 4.69) is 18.2 Å². The highest BCUT2D eigenvalue weighted by Gasteiger charge is 2.21. The highest BCUT2D eigenvalue weighted by atomic mass is 16.3. The molecule has 0 aliphatic rings. The minimum absolute atomic E-state index is 0.0279. The van der Waals surface area contributed by atoms with Crippen molar-refractivity contribution in [3.8, 4) is 28.7 Å². The van der Waals surface area contributed by atoms with Gasteiger partial charge in [-0.2, -0.15) is 9.97 Å². The molecule has 0 unspecified atom stereocenters. The first-order chi connectivity index (χ1) is 23.9. The summed E-state index contributed by atoms with van der Waals surface area (Å²) in [4.78, 5) is 14.7. The Bertz CT molecular complexity index is 2940. The second-order valence-corrected chi connectivity index (χ2v) is 10.9. The molecule has 44 heavy (non-hydrogen) atoms. The van der Waals surface area contributed by atoms with Crippen molar-refractivity contribution in [3.63, 3.8) is 0 Å². The molecule has 7 aromatic carbocycles. The van der Waals surface area contributed by atoms with Crippen LogP contribution in [0.2, 0.25) is 0 Å². The van der Waals surface area contributed by atoms with Gasteiger partial charge >= 0.3 is 0 Å². The minimum Gasteiger partial charge on any atom is -0.456 e. The average molecular weight is 568 g/mol. The largest absolute Gasteiger partial charge is 0.456 e. The Morgan fingerprint density at radius 2 is 1.09 bits per heavy atom. The van der Waals surface area contributed by atoms with Gasteiger partial charge in [0.05, 0.1) is 17.9 Å². The molecule has 5 heteroatoms. The standard InChI is InChI=1S/C39H22N4O/c1-2-11-23(12-3-1)37-40-38(42-39(41-37)43-31-18-8-6-15-27(31)28-16-7-9-19-32(28)43)24-21-30-26-14-5-4-13-25(26)29-17-10-20-33-35(29)36(30)34(22-24)44-33/h1-22H/i1D,2D,3D,11D,12D. The molecule has 0 amide bonds. The zero-order chi connectivity index (χ0) is 33.1. The average Bonchev–Trinajstić information content (AvgIpc) is 3.69. The normalized spacial score (nSPS) is 13.7. The SMILES string of the molecule is [2H]c1c([2H])c([2H])c(-c2nc(-c3cc4oc5cccc6c7ccccc7c(c3)c4c56)nc(-n3c4ccccc4c4ccccc43)n2)c([2H])c1[2H]. The summed E-state index contributed by atoms with van der Waals surface area (Å²) in [5.74, 6) is 0.501. The fourth-order valence-electron chi connectivity index (χ4n) is 6.67. The van der Waals surface area contributed by atoms with Crippen molar-refractivity contribution in [1.29, 1.82) is 0 Å². The van der Waals surface area contributed by atoms with Gasteiger partial charge in [0.2, 0.25) is 5.95 Å². The molecule has 0 spiro atoms. The quantitative estimate of drug-likeness (QED) is 0.199. The van der Waals surface area contributed by atoms with E-state index in [9.17, 15) is 0 Å². The summed E-state index contributed by atoms with van der Waals surface area (Å²) in [6.45, 7) is 0. The van der Waals surface area contributed by atoms with Crippen LogP contribution in [0.25, 0.3) is 94.0 Å². The second-order valence-electron chi connectivity index (χ2n) is 10.9. The van der Waals surface area contributed by atoms with Gasteiger partial charge in [0.1, 0.15) is 11.2 Å². The molecule has 0 radical (unpaired) electrons. The van der Waals surface area contributed by atoms with Gasteiger partial charge in [-0.1, -0.05) is 103 Å². The number of benzene rings is 7. The first kappa shape index (κ1) is 19.2. The van der Waals surface area contributed by atoms with Crippen molar-refractivity contribution in [2.75, 3.05) is 0 Å². The van der Waals surface area contributed by atoms with E-state index in [1.165, 1.54) is 0 Å². The van der Waals surface area contributed by atoms with Crippen LogP contribution in [-0.4, -0.2) is 19.5 Å². The Morgan fingerprint density at radius 3 is 1.82 bits per heavy atom. The van der Waals surface area contributed by atoms with Crippen LogP contribution in [0.5, 0.6) is 0 Å². The number of rotatable bonds is 3. The smallest absolute Gasteiger partial charge is 0.238 e. The molecule has 10 aromatic rings. The first-order valence-corrected chi connectivity index (χ1v) is 14.3. The van der Waals surface area contributed by atoms with Crippen LogP contribution in [0, 0.1) is 0 Å². The van der Waals surface area contributed by atoms with Gasteiger partial charge in [-0.05, 0) is 51.9 Å². The highest BCUT2D eigenvalue weighted by Crippen LogP contribution is 2.44. The molecule has 0 bridgehead atoms. The number of para-hydroxylation sites is 2. The van der Waals surface area contributed by atoms with Crippen LogP contribution in [0.1, 0.15) is 6.85 Å². The third-order valence-corrected chi connectivity index (χ3v) is 8.49. The fraction of sp³-hybridized carbons (Fsp3) is 0. The van der Waals surface area contributed by atoms with Gasteiger partial charge in [0.15, 0.2) is 11.6 Å². The van der Waals surface area contributed by atoms with Gasteiger partial charge in [-0.15, -0.1) is 0 Å². The number of fused-ring (bicyclic) bond motifs is 6. The van der Waals surface area contributed by atoms with E-state index >= 15 is 0 Å². The molecule has 5 nitrogen and oxygen atoms in total. The number of hydrogen-bond donors (Lipinski definition) is 0. The van der Waals surface area contributed by atoms with Crippen molar-refractivity contribution in [3.05, 3.63) is 133 Å². The van der Waals surface area contributed by atoms with Crippen molar-refractivity contribution >= 4 is 65.3 Å². The topological polar surface area (TPSA) is 56.7 Å². The van der Waals surface area contributed by atoms with Crippen molar-refractivity contribution < 1.29 is 11.3 Å². The molecule has 3 heterocycles. The Kier molecular flexibility index (Phi) is 3.80. The van der Waals surface area contributed by atoms with Gasteiger partial charge in [0, 0.05) is 32.7 Å². The number of nitrogens with zero attached hydrogens (tertiary/aromatic N) is 4. The molecule has 0 aliphatic carbocycles. The van der Waals surface area contributed by atoms with Crippen LogP contribution in [0.3, 0.4) is 0 Å². The van der Waals surface area contributed by atoms with E-state index in [1.807, 2.05) is 89.5 Å². The van der Waals surface area contributed by atoms with Crippen LogP contribution >= 0.6 is 0 Å². The lowest BCUT2D eigenvalue weighted by atomic mass is 9.93. The van der Waals surface area contributed by atoms with E-state index in [0.717, 1.165) is 59.7 Å². The first-order valence-electron chi connectivity index (χ1n) is 16.8. The highest BCUT2D eigenvalue weighted by molar-refractivity contribution is 6.33. The maximum atomic E-state index is 8.78. The summed E-state index contributed by atoms with van der Waals surface area (Å²) in [5, 5.41) is 8.32. The summed E-state index contributed by atoms with van der Waals surface area (Å²) in [7, 11) is 0. The van der Waals surface area contributed by atoms with E-state index < -0.39 is 18.1 Å². The van der Waals surface area contributed by atoms with E-state index in [4.69, 9.17) is 26.2 Å². The van der Waals surface area contributed by atoms with Crippen LogP contribution in [0.4, 0.5) is 0 Å². The summed E-state index contributed by atoms with van der Waals surface area (Å²) < 4.78 is 50.9. The minimum atomic E-state index is -0.483. The number of hydrogen-bond acceptors (Lipinski definition) is 4. The molecule has 0 N–H and O–H groups in total. The lowest BCUT2D eigenvalue weighted by Gasteiger charge is -2.12. The van der Waals surface area contributed by atoms with Crippen LogP contribution < -0.4 is 0 Å².